The summed E-state index contributed by atoms with van der Waals surface area (Å²) in [6.07, 6.45) is 0. The molecule has 0 atom stereocenters. The molecule has 0 aliphatic rings. The average molecular weight is 528 g/mol. The van der Waals surface area contributed by atoms with Gasteiger partial charge in [0.05, 0.1) is 22.1 Å². The summed E-state index contributed by atoms with van der Waals surface area (Å²) in [6.45, 7) is 0. The SMILES string of the molecule is OB(O)c1cccc(-c2ccc3c4cc5c6ccccc6n(-c6ccccc6)c5cc4n(-c4ccccc4)c3c2)c1. The second kappa shape index (κ2) is 9.24. The van der Waals surface area contributed by atoms with Crippen molar-refractivity contribution < 1.29 is 10.0 Å². The maximum absolute atomic E-state index is 9.76. The molecule has 194 valence electrons. The van der Waals surface area contributed by atoms with Gasteiger partial charge in [0.15, 0.2) is 0 Å². The minimum Gasteiger partial charge on any atom is -0.423 e. The largest absolute Gasteiger partial charge is 0.488 e. The summed E-state index contributed by atoms with van der Waals surface area (Å²) in [6, 6.07) is 48.3. The molecular formula is C36H25BN2O2. The van der Waals surface area contributed by atoms with Gasteiger partial charge in [-0.2, -0.15) is 0 Å². The van der Waals surface area contributed by atoms with Gasteiger partial charge in [-0.3, -0.25) is 0 Å². The summed E-state index contributed by atoms with van der Waals surface area (Å²) in [5.41, 5.74) is 9.23. The number of benzene rings is 6. The normalized spacial score (nSPS) is 11.7. The van der Waals surface area contributed by atoms with E-state index in [1.165, 1.54) is 27.1 Å². The van der Waals surface area contributed by atoms with E-state index in [1.807, 2.05) is 24.3 Å². The van der Waals surface area contributed by atoms with E-state index >= 15 is 0 Å². The van der Waals surface area contributed by atoms with Crippen molar-refractivity contribution in [2.45, 2.75) is 0 Å². The van der Waals surface area contributed by atoms with Crippen LogP contribution in [0.4, 0.5) is 0 Å². The van der Waals surface area contributed by atoms with Crippen LogP contribution in [0.3, 0.4) is 0 Å². The molecule has 2 aromatic heterocycles. The van der Waals surface area contributed by atoms with Gasteiger partial charge in [0.2, 0.25) is 0 Å². The van der Waals surface area contributed by atoms with Crippen LogP contribution in [0.15, 0.2) is 140 Å². The van der Waals surface area contributed by atoms with E-state index in [0.717, 1.165) is 39.1 Å². The van der Waals surface area contributed by atoms with Gasteiger partial charge in [-0.25, -0.2) is 0 Å². The minimum absolute atomic E-state index is 0.474. The fourth-order valence-corrected chi connectivity index (χ4v) is 6.25. The van der Waals surface area contributed by atoms with Gasteiger partial charge in [0.25, 0.3) is 0 Å². The van der Waals surface area contributed by atoms with Crippen LogP contribution in [0.1, 0.15) is 0 Å². The lowest BCUT2D eigenvalue weighted by Crippen LogP contribution is -2.29. The second-order valence-electron chi connectivity index (χ2n) is 10.5. The summed E-state index contributed by atoms with van der Waals surface area (Å²) >= 11 is 0. The smallest absolute Gasteiger partial charge is 0.423 e. The Balaban J connectivity index is 1.49. The Labute approximate surface area is 237 Å². The maximum Gasteiger partial charge on any atom is 0.488 e. The van der Waals surface area contributed by atoms with Crippen molar-refractivity contribution in [1.82, 2.24) is 9.13 Å². The number of hydrogen-bond acceptors (Lipinski definition) is 2. The molecule has 6 aromatic carbocycles. The molecule has 0 radical (unpaired) electrons. The summed E-state index contributed by atoms with van der Waals surface area (Å²) in [7, 11) is -1.51. The Hall–Kier alpha value is -5.10. The lowest BCUT2D eigenvalue weighted by Gasteiger charge is -2.10. The number of hydrogen-bond donors (Lipinski definition) is 2. The van der Waals surface area contributed by atoms with Crippen molar-refractivity contribution >= 4 is 56.2 Å². The highest BCUT2D eigenvalue weighted by Crippen LogP contribution is 2.40. The molecule has 0 spiro atoms. The van der Waals surface area contributed by atoms with Crippen molar-refractivity contribution in [2.75, 3.05) is 0 Å². The highest BCUT2D eigenvalue weighted by molar-refractivity contribution is 6.58. The molecule has 41 heavy (non-hydrogen) atoms. The van der Waals surface area contributed by atoms with Gasteiger partial charge in [-0.15, -0.1) is 0 Å². The van der Waals surface area contributed by atoms with Crippen LogP contribution in [-0.2, 0) is 0 Å². The highest BCUT2D eigenvalue weighted by Gasteiger charge is 2.19. The molecule has 0 saturated heterocycles. The van der Waals surface area contributed by atoms with Crippen molar-refractivity contribution in [2.24, 2.45) is 0 Å². The second-order valence-corrected chi connectivity index (χ2v) is 10.5. The van der Waals surface area contributed by atoms with Gasteiger partial charge >= 0.3 is 7.12 Å². The molecule has 0 aliphatic heterocycles. The molecule has 2 N–H and O–H groups in total. The summed E-state index contributed by atoms with van der Waals surface area (Å²) in [5, 5.41) is 24.3. The lowest BCUT2D eigenvalue weighted by atomic mass is 9.79. The number of aromatic nitrogens is 2. The van der Waals surface area contributed by atoms with E-state index in [1.54, 1.807) is 6.07 Å². The topological polar surface area (TPSA) is 50.3 Å². The molecule has 8 rings (SSSR count). The summed E-state index contributed by atoms with van der Waals surface area (Å²) in [4.78, 5) is 0. The summed E-state index contributed by atoms with van der Waals surface area (Å²) < 4.78 is 4.69. The zero-order chi connectivity index (χ0) is 27.5. The van der Waals surface area contributed by atoms with Crippen molar-refractivity contribution in [3.8, 4) is 22.5 Å². The third-order valence-corrected chi connectivity index (χ3v) is 8.11. The first-order chi connectivity index (χ1) is 20.2. The molecule has 0 bridgehead atoms. The molecule has 0 saturated carbocycles. The zero-order valence-corrected chi connectivity index (χ0v) is 22.1. The van der Waals surface area contributed by atoms with E-state index < -0.39 is 7.12 Å². The quantitative estimate of drug-likeness (QED) is 0.237. The standard InChI is InChI=1S/C36H25BN2O2/c40-37(41)26-11-9-10-24(20-26)25-18-19-30-32-22-31-29-16-7-8-17-33(29)38(27-12-3-1-4-13-27)35(31)23-36(32)39(34(30)21-25)28-14-5-2-6-15-28/h1-23,40-41H. The van der Waals surface area contributed by atoms with E-state index in [4.69, 9.17) is 0 Å². The van der Waals surface area contributed by atoms with Gasteiger partial charge in [0.1, 0.15) is 0 Å². The predicted molar refractivity (Wildman–Crippen MR) is 170 cm³/mol. The molecule has 5 heteroatoms. The third kappa shape index (κ3) is 3.71. The first kappa shape index (κ1) is 23.8. The van der Waals surface area contributed by atoms with Crippen LogP contribution in [0.25, 0.3) is 66.1 Å². The molecule has 2 heterocycles. The van der Waals surface area contributed by atoms with Crippen molar-refractivity contribution in [3.05, 3.63) is 140 Å². The first-order valence-electron chi connectivity index (χ1n) is 13.8. The van der Waals surface area contributed by atoms with E-state index in [-0.39, 0.29) is 0 Å². The lowest BCUT2D eigenvalue weighted by molar-refractivity contribution is 0.426. The molecule has 0 aliphatic carbocycles. The molecule has 0 unspecified atom stereocenters. The van der Waals surface area contributed by atoms with Gasteiger partial charge in [0, 0.05) is 32.9 Å². The minimum atomic E-state index is -1.51. The molecule has 0 fully saturated rings. The van der Waals surface area contributed by atoms with Crippen molar-refractivity contribution in [3.63, 3.8) is 0 Å². The van der Waals surface area contributed by atoms with Crippen LogP contribution in [-0.4, -0.2) is 26.3 Å². The van der Waals surface area contributed by atoms with Crippen LogP contribution in [0, 0.1) is 0 Å². The fourth-order valence-electron chi connectivity index (χ4n) is 6.25. The Morgan fingerprint density at radius 2 is 0.951 bits per heavy atom. The Bertz CT molecular complexity index is 2230. The zero-order valence-electron chi connectivity index (χ0n) is 22.1. The maximum atomic E-state index is 9.76. The Kier molecular flexibility index (Phi) is 5.35. The fraction of sp³-hybridized carbons (Fsp3) is 0. The Morgan fingerprint density at radius 3 is 1.63 bits per heavy atom. The van der Waals surface area contributed by atoms with E-state index in [2.05, 4.69) is 118 Å². The highest BCUT2D eigenvalue weighted by atomic mass is 16.4. The van der Waals surface area contributed by atoms with Gasteiger partial charge in [-0.1, -0.05) is 91.0 Å². The summed E-state index contributed by atoms with van der Waals surface area (Å²) in [5.74, 6) is 0. The Morgan fingerprint density at radius 1 is 0.390 bits per heavy atom. The molecule has 8 aromatic rings. The van der Waals surface area contributed by atoms with E-state index in [0.29, 0.717) is 5.46 Å². The van der Waals surface area contributed by atoms with Gasteiger partial charge < -0.3 is 19.2 Å². The van der Waals surface area contributed by atoms with Crippen LogP contribution in [0.5, 0.6) is 0 Å². The molecular weight excluding hydrogens is 503 g/mol. The van der Waals surface area contributed by atoms with Crippen LogP contribution >= 0.6 is 0 Å². The number of nitrogens with zero attached hydrogens (tertiary/aromatic N) is 2. The van der Waals surface area contributed by atoms with Crippen LogP contribution < -0.4 is 5.46 Å². The monoisotopic (exact) mass is 528 g/mol. The van der Waals surface area contributed by atoms with Crippen molar-refractivity contribution in [1.29, 1.82) is 0 Å². The van der Waals surface area contributed by atoms with Crippen LogP contribution in [0.2, 0.25) is 0 Å². The number of para-hydroxylation sites is 3. The number of rotatable bonds is 4. The van der Waals surface area contributed by atoms with Gasteiger partial charge in [-0.05, 0) is 65.1 Å². The first-order valence-corrected chi connectivity index (χ1v) is 13.8. The average Bonchev–Trinajstić information content (AvgIpc) is 3.52. The molecule has 0 amide bonds. The predicted octanol–water partition coefficient (Wildman–Crippen LogP) is 7.23. The molecule has 4 nitrogen and oxygen atoms in total. The van der Waals surface area contributed by atoms with E-state index in [9.17, 15) is 10.0 Å². The third-order valence-electron chi connectivity index (χ3n) is 8.11. The number of fused-ring (bicyclic) bond motifs is 6.